The Balaban J connectivity index is 1.83. The van der Waals surface area contributed by atoms with Crippen molar-refractivity contribution in [3.05, 3.63) is 17.9 Å². The first-order valence-electron chi connectivity index (χ1n) is 8.57. The summed E-state index contributed by atoms with van der Waals surface area (Å²) >= 11 is 0. The van der Waals surface area contributed by atoms with Gasteiger partial charge in [-0.1, -0.05) is 32.1 Å². The van der Waals surface area contributed by atoms with E-state index in [4.69, 9.17) is 4.42 Å². The zero-order valence-electron chi connectivity index (χ0n) is 13.8. The maximum Gasteiger partial charge on any atom is 0.295 e. The molecule has 0 aromatic carbocycles. The topological polar surface area (TPSA) is 79.6 Å². The molecule has 1 N–H and O–H groups in total. The maximum absolute atomic E-state index is 12.8. The molecule has 3 rings (SSSR count). The number of hydrogen-bond acceptors (Lipinski definition) is 4. The Labute approximate surface area is 145 Å². The van der Waals surface area contributed by atoms with Gasteiger partial charge in [-0.2, -0.15) is 4.31 Å². The monoisotopic (exact) mass is 376 g/mol. The number of piperazine rings is 1. The van der Waals surface area contributed by atoms with Crippen LogP contribution in [0.1, 0.15) is 50.7 Å². The summed E-state index contributed by atoms with van der Waals surface area (Å²) in [4.78, 5) is 12.3. The van der Waals surface area contributed by atoms with Crippen molar-refractivity contribution in [3.63, 3.8) is 0 Å². The third-order valence-corrected chi connectivity index (χ3v) is 6.73. The minimum Gasteiger partial charge on any atom is -0.442 e. The van der Waals surface area contributed by atoms with E-state index in [1.54, 1.807) is 0 Å². The van der Waals surface area contributed by atoms with Crippen LogP contribution >= 0.6 is 0 Å². The van der Waals surface area contributed by atoms with Crippen LogP contribution in [-0.4, -0.2) is 37.8 Å². The van der Waals surface area contributed by atoms with Gasteiger partial charge in [0.2, 0.25) is 11.0 Å². The minimum atomic E-state index is -4.14. The van der Waals surface area contributed by atoms with Gasteiger partial charge in [-0.3, -0.25) is 4.79 Å². The highest BCUT2D eigenvalue weighted by molar-refractivity contribution is 7.89. The lowest BCUT2D eigenvalue weighted by atomic mass is 9.84. The Hall–Kier alpha value is -1.48. The first-order chi connectivity index (χ1) is 11.9. The van der Waals surface area contributed by atoms with Crippen molar-refractivity contribution in [1.29, 1.82) is 0 Å². The van der Waals surface area contributed by atoms with Crippen LogP contribution in [0.2, 0.25) is 0 Å². The number of hydrogen-bond donors (Lipinski definition) is 1. The van der Waals surface area contributed by atoms with E-state index >= 15 is 0 Å². The molecule has 9 heteroatoms. The zero-order chi connectivity index (χ0) is 18.0. The van der Waals surface area contributed by atoms with Gasteiger partial charge in [-0.25, -0.2) is 17.2 Å². The first-order valence-corrected chi connectivity index (χ1v) is 10.0. The van der Waals surface area contributed by atoms with Crippen molar-refractivity contribution in [3.8, 4) is 0 Å². The van der Waals surface area contributed by atoms with Gasteiger partial charge in [0, 0.05) is 13.1 Å². The average molecular weight is 376 g/mol. The Morgan fingerprint density at radius 2 is 1.96 bits per heavy atom. The third-order valence-electron chi connectivity index (χ3n) is 4.94. The van der Waals surface area contributed by atoms with Crippen LogP contribution in [0.25, 0.3) is 0 Å². The first kappa shape index (κ1) is 18.3. The summed E-state index contributed by atoms with van der Waals surface area (Å²) in [7, 11) is -4.14. The lowest BCUT2D eigenvalue weighted by molar-refractivity contribution is -0.127. The molecular weight excluding hydrogens is 354 g/mol. The number of carbonyl (C=O) groups excluding carboxylic acids is 1. The van der Waals surface area contributed by atoms with Gasteiger partial charge < -0.3 is 9.73 Å². The summed E-state index contributed by atoms with van der Waals surface area (Å²) in [5.41, 5.74) is 0. The molecule has 2 heterocycles. The maximum atomic E-state index is 12.8. The van der Waals surface area contributed by atoms with Gasteiger partial charge in [-0.05, 0) is 24.5 Å². The predicted molar refractivity (Wildman–Crippen MR) is 85.5 cm³/mol. The predicted octanol–water partition coefficient (Wildman–Crippen LogP) is 2.68. The van der Waals surface area contributed by atoms with Gasteiger partial charge >= 0.3 is 0 Å². The van der Waals surface area contributed by atoms with E-state index in [0.717, 1.165) is 48.5 Å². The summed E-state index contributed by atoms with van der Waals surface area (Å²) in [6.07, 6.45) is 2.86. The fraction of sp³-hybridized carbons (Fsp3) is 0.688. The summed E-state index contributed by atoms with van der Waals surface area (Å²) in [5, 5.41) is 2.17. The van der Waals surface area contributed by atoms with Crippen LogP contribution in [0, 0.1) is 5.92 Å². The van der Waals surface area contributed by atoms with Gasteiger partial charge in [0.05, 0.1) is 0 Å². The van der Waals surface area contributed by atoms with Crippen molar-refractivity contribution in [2.75, 3.05) is 13.1 Å². The molecule has 25 heavy (non-hydrogen) atoms. The number of halogens is 2. The number of amides is 1. The molecule has 1 aromatic heterocycles. The van der Waals surface area contributed by atoms with Gasteiger partial charge in [0.1, 0.15) is 6.04 Å². The molecular formula is C16H22F2N2O4S. The zero-order valence-corrected chi connectivity index (χ0v) is 14.6. The molecule has 2 fully saturated rings. The Morgan fingerprint density at radius 3 is 2.60 bits per heavy atom. The molecule has 0 bridgehead atoms. The molecule has 6 nitrogen and oxygen atoms in total. The second-order valence-corrected chi connectivity index (χ2v) is 8.44. The van der Waals surface area contributed by atoms with E-state index in [-0.39, 0.29) is 19.0 Å². The fourth-order valence-electron chi connectivity index (χ4n) is 3.65. The number of nitrogens with one attached hydrogen (secondary N) is 1. The highest BCUT2D eigenvalue weighted by Gasteiger charge is 2.41. The molecule has 1 saturated carbocycles. The Bertz CT molecular complexity index is 713. The Morgan fingerprint density at radius 1 is 1.24 bits per heavy atom. The summed E-state index contributed by atoms with van der Waals surface area (Å²) in [6, 6.07) is 1.17. The SMILES string of the molecule is O=C1NCCN(S(=O)(=O)c2ccc(C(F)F)o2)C1CC1CCCCC1. The van der Waals surface area contributed by atoms with E-state index in [1.165, 1.54) is 0 Å². The van der Waals surface area contributed by atoms with Crippen molar-refractivity contribution < 1.29 is 26.4 Å². The van der Waals surface area contributed by atoms with Gasteiger partial charge in [-0.15, -0.1) is 0 Å². The van der Waals surface area contributed by atoms with E-state index in [2.05, 4.69) is 5.32 Å². The van der Waals surface area contributed by atoms with Crippen LogP contribution in [0.5, 0.6) is 0 Å². The summed E-state index contributed by atoms with van der Waals surface area (Å²) in [6.45, 7) is 0.303. The molecule has 1 aliphatic carbocycles. The number of alkyl halides is 2. The van der Waals surface area contributed by atoms with E-state index < -0.39 is 33.3 Å². The van der Waals surface area contributed by atoms with E-state index in [0.29, 0.717) is 12.3 Å². The van der Waals surface area contributed by atoms with Gasteiger partial charge in [0.25, 0.3) is 16.4 Å². The van der Waals surface area contributed by atoms with Crippen molar-refractivity contribution in [2.24, 2.45) is 5.92 Å². The van der Waals surface area contributed by atoms with Crippen LogP contribution in [-0.2, 0) is 14.8 Å². The number of nitrogens with zero attached hydrogens (tertiary/aromatic N) is 1. The van der Waals surface area contributed by atoms with Crippen molar-refractivity contribution in [2.45, 2.75) is 56.1 Å². The molecule has 1 aliphatic heterocycles. The van der Waals surface area contributed by atoms with Crippen LogP contribution in [0.3, 0.4) is 0 Å². The van der Waals surface area contributed by atoms with E-state index in [1.807, 2.05) is 0 Å². The van der Waals surface area contributed by atoms with Crippen LogP contribution < -0.4 is 5.32 Å². The number of furan rings is 1. The third kappa shape index (κ3) is 3.87. The lowest BCUT2D eigenvalue weighted by Crippen LogP contribution is -2.57. The Kier molecular flexibility index (Phi) is 5.43. The fourth-order valence-corrected chi connectivity index (χ4v) is 5.17. The molecule has 1 aromatic rings. The van der Waals surface area contributed by atoms with E-state index in [9.17, 15) is 22.0 Å². The highest BCUT2D eigenvalue weighted by Crippen LogP contribution is 2.32. The van der Waals surface area contributed by atoms with Gasteiger partial charge in [0.15, 0.2) is 5.76 Å². The van der Waals surface area contributed by atoms with Crippen molar-refractivity contribution in [1.82, 2.24) is 9.62 Å². The molecule has 1 amide bonds. The number of sulfonamides is 1. The largest absolute Gasteiger partial charge is 0.442 e. The molecule has 1 unspecified atom stereocenters. The van der Waals surface area contributed by atoms with Crippen LogP contribution in [0.15, 0.2) is 21.6 Å². The van der Waals surface area contributed by atoms with Crippen molar-refractivity contribution >= 4 is 15.9 Å². The molecule has 0 radical (unpaired) electrons. The number of carbonyl (C=O) groups is 1. The number of rotatable bonds is 5. The smallest absolute Gasteiger partial charge is 0.295 e. The molecule has 1 saturated heterocycles. The quantitative estimate of drug-likeness (QED) is 0.857. The normalized spacial score (nSPS) is 23.8. The second kappa shape index (κ2) is 7.41. The standard InChI is InChI=1S/C16H22F2N2O4S/c17-15(18)13-6-7-14(24-13)25(22,23)20-9-8-19-16(21)12(20)10-11-4-2-1-3-5-11/h6-7,11-12,15H,1-5,8-10H2,(H,19,21). The lowest BCUT2D eigenvalue weighted by Gasteiger charge is -2.36. The van der Waals surface area contributed by atoms with Crippen LogP contribution in [0.4, 0.5) is 8.78 Å². The molecule has 0 spiro atoms. The molecule has 2 aliphatic rings. The summed E-state index contributed by atoms with van der Waals surface area (Å²) in [5.74, 6) is -0.724. The highest BCUT2D eigenvalue weighted by atomic mass is 32.2. The summed E-state index contributed by atoms with van der Waals surface area (Å²) < 4.78 is 57.0. The minimum absolute atomic E-state index is 0.107. The molecule has 140 valence electrons. The molecule has 1 atom stereocenters. The average Bonchev–Trinajstić information content (AvgIpc) is 3.09. The second-order valence-electron chi connectivity index (χ2n) is 6.62.